The van der Waals surface area contributed by atoms with Crippen LogP contribution in [0.3, 0.4) is 0 Å². The zero-order valence-corrected chi connectivity index (χ0v) is 11.1. The van der Waals surface area contributed by atoms with Gasteiger partial charge in [-0.3, -0.25) is 0 Å². The molecular weight excluding hydrogens is 247 g/mol. The number of hydrogen-bond acceptors (Lipinski definition) is 3. The lowest BCUT2D eigenvalue weighted by Crippen LogP contribution is -2.39. The van der Waals surface area contributed by atoms with Crippen molar-refractivity contribution in [2.45, 2.75) is 19.4 Å². The molecule has 0 aliphatic heterocycles. The number of anilines is 1. The topological polar surface area (TPSA) is 47.3 Å². The third kappa shape index (κ3) is 3.74. The molecule has 3 nitrogen and oxygen atoms in total. The Morgan fingerprint density at radius 1 is 1.38 bits per heavy atom. The first-order valence-electron chi connectivity index (χ1n) is 4.89. The second-order valence-electron chi connectivity index (χ2n) is 4.31. The Labute approximate surface area is 106 Å². The fourth-order valence-electron chi connectivity index (χ4n) is 1.22. The molecule has 0 fully saturated rings. The van der Waals surface area contributed by atoms with E-state index in [1.807, 2.05) is 13.8 Å². The van der Waals surface area contributed by atoms with Crippen LogP contribution in [0.15, 0.2) is 12.1 Å². The number of benzene rings is 1. The van der Waals surface area contributed by atoms with Crippen LogP contribution in [0.2, 0.25) is 10.0 Å². The predicted molar refractivity (Wildman–Crippen MR) is 69.8 cm³/mol. The van der Waals surface area contributed by atoms with E-state index in [1.54, 1.807) is 19.2 Å². The lowest BCUT2D eigenvalue weighted by molar-refractivity contribution is 0.416. The molecule has 0 aliphatic carbocycles. The van der Waals surface area contributed by atoms with Crippen LogP contribution in [0.4, 0.5) is 5.69 Å². The number of halogens is 2. The van der Waals surface area contributed by atoms with Gasteiger partial charge in [-0.2, -0.15) is 0 Å². The minimum atomic E-state index is -0.320. The van der Waals surface area contributed by atoms with Crippen molar-refractivity contribution in [3.8, 4) is 5.75 Å². The molecule has 1 rings (SSSR count). The van der Waals surface area contributed by atoms with E-state index in [4.69, 9.17) is 33.7 Å². The average Bonchev–Trinajstić information content (AvgIpc) is 2.12. The number of nitrogens with one attached hydrogen (secondary N) is 1. The Bertz CT molecular complexity index is 375. The summed E-state index contributed by atoms with van der Waals surface area (Å²) in [6, 6.07) is 3.40. The summed E-state index contributed by atoms with van der Waals surface area (Å²) in [6.45, 7) is 4.46. The molecule has 0 amide bonds. The highest BCUT2D eigenvalue weighted by Crippen LogP contribution is 2.36. The number of hydrogen-bond donors (Lipinski definition) is 2. The van der Waals surface area contributed by atoms with Gasteiger partial charge in [0.05, 0.1) is 17.8 Å². The van der Waals surface area contributed by atoms with Gasteiger partial charge in [0.25, 0.3) is 0 Å². The molecule has 0 atom stereocenters. The zero-order chi connectivity index (χ0) is 12.3. The Morgan fingerprint density at radius 3 is 2.50 bits per heavy atom. The van der Waals surface area contributed by atoms with Crippen molar-refractivity contribution in [3.05, 3.63) is 22.2 Å². The van der Waals surface area contributed by atoms with Crippen LogP contribution in [0.1, 0.15) is 13.8 Å². The molecule has 0 aromatic heterocycles. The SMILES string of the molecule is COc1c(Cl)cc(Cl)cc1NCC(C)(C)N. The smallest absolute Gasteiger partial charge is 0.160 e. The Hall–Kier alpha value is -0.640. The molecule has 0 saturated carbocycles. The number of ether oxygens (including phenoxy) is 1. The second kappa shape index (κ2) is 5.13. The van der Waals surface area contributed by atoms with Gasteiger partial charge < -0.3 is 15.8 Å². The van der Waals surface area contributed by atoms with Gasteiger partial charge >= 0.3 is 0 Å². The molecular formula is C11H16Cl2N2O. The van der Waals surface area contributed by atoms with Gasteiger partial charge in [-0.15, -0.1) is 0 Å². The lowest BCUT2D eigenvalue weighted by Gasteiger charge is -2.21. The number of rotatable bonds is 4. The maximum Gasteiger partial charge on any atom is 0.160 e. The molecule has 0 heterocycles. The first-order chi connectivity index (χ1) is 7.33. The molecule has 3 N–H and O–H groups in total. The number of nitrogens with two attached hydrogens (primary N) is 1. The lowest BCUT2D eigenvalue weighted by atomic mass is 10.1. The Kier molecular flexibility index (Phi) is 4.30. The van der Waals surface area contributed by atoms with Crippen molar-refractivity contribution in [2.24, 2.45) is 5.73 Å². The maximum atomic E-state index is 6.00. The van der Waals surface area contributed by atoms with E-state index >= 15 is 0 Å². The van der Waals surface area contributed by atoms with Crippen molar-refractivity contribution in [3.63, 3.8) is 0 Å². The first kappa shape index (κ1) is 13.4. The van der Waals surface area contributed by atoms with Crippen LogP contribution >= 0.6 is 23.2 Å². The second-order valence-corrected chi connectivity index (χ2v) is 5.15. The summed E-state index contributed by atoms with van der Waals surface area (Å²) < 4.78 is 5.20. The summed E-state index contributed by atoms with van der Waals surface area (Å²) in [5, 5.41) is 4.20. The van der Waals surface area contributed by atoms with Crippen molar-refractivity contribution < 1.29 is 4.74 Å². The summed E-state index contributed by atoms with van der Waals surface area (Å²) in [5.41, 5.74) is 6.31. The molecule has 90 valence electrons. The zero-order valence-electron chi connectivity index (χ0n) is 9.60. The van der Waals surface area contributed by atoms with Crippen molar-refractivity contribution in [1.82, 2.24) is 0 Å². The maximum absolute atomic E-state index is 6.00. The van der Waals surface area contributed by atoms with Crippen molar-refractivity contribution in [2.75, 3.05) is 19.0 Å². The Balaban J connectivity index is 2.94. The van der Waals surface area contributed by atoms with Gasteiger partial charge in [-0.1, -0.05) is 23.2 Å². The molecule has 0 saturated heterocycles. The van der Waals surface area contributed by atoms with E-state index in [2.05, 4.69) is 5.32 Å². The van der Waals surface area contributed by atoms with E-state index in [1.165, 1.54) is 0 Å². The van der Waals surface area contributed by atoms with Crippen LogP contribution < -0.4 is 15.8 Å². The van der Waals surface area contributed by atoms with E-state index in [0.29, 0.717) is 22.3 Å². The molecule has 0 aliphatic rings. The van der Waals surface area contributed by atoms with Gasteiger partial charge in [0.15, 0.2) is 5.75 Å². The van der Waals surface area contributed by atoms with Gasteiger partial charge in [0.2, 0.25) is 0 Å². The van der Waals surface area contributed by atoms with Crippen molar-refractivity contribution in [1.29, 1.82) is 0 Å². The molecule has 0 bridgehead atoms. The van der Waals surface area contributed by atoms with Gasteiger partial charge in [0, 0.05) is 17.1 Å². The molecule has 1 aromatic carbocycles. The highest BCUT2D eigenvalue weighted by molar-refractivity contribution is 6.36. The van der Waals surface area contributed by atoms with Crippen LogP contribution in [-0.4, -0.2) is 19.2 Å². The molecule has 0 radical (unpaired) electrons. The van der Waals surface area contributed by atoms with E-state index in [-0.39, 0.29) is 5.54 Å². The summed E-state index contributed by atoms with van der Waals surface area (Å²) in [5.74, 6) is 0.579. The van der Waals surface area contributed by atoms with E-state index in [9.17, 15) is 0 Å². The monoisotopic (exact) mass is 262 g/mol. The summed E-state index contributed by atoms with van der Waals surface area (Å²) in [4.78, 5) is 0. The predicted octanol–water partition coefficient (Wildman–Crippen LogP) is 3.15. The minimum absolute atomic E-state index is 0.320. The molecule has 1 aromatic rings. The van der Waals surface area contributed by atoms with Crippen LogP contribution in [-0.2, 0) is 0 Å². The summed E-state index contributed by atoms with van der Waals surface area (Å²) in [6.07, 6.45) is 0. The highest BCUT2D eigenvalue weighted by Gasteiger charge is 2.14. The van der Waals surface area contributed by atoms with Crippen LogP contribution in [0.5, 0.6) is 5.75 Å². The highest BCUT2D eigenvalue weighted by atomic mass is 35.5. The van der Waals surface area contributed by atoms with Crippen molar-refractivity contribution >= 4 is 28.9 Å². The number of methoxy groups -OCH3 is 1. The van der Waals surface area contributed by atoms with E-state index < -0.39 is 0 Å². The molecule has 16 heavy (non-hydrogen) atoms. The fraction of sp³-hybridized carbons (Fsp3) is 0.455. The quantitative estimate of drug-likeness (QED) is 0.877. The average molecular weight is 263 g/mol. The summed E-state index contributed by atoms with van der Waals surface area (Å²) in [7, 11) is 1.56. The third-order valence-electron chi connectivity index (χ3n) is 1.95. The third-order valence-corrected chi connectivity index (χ3v) is 2.45. The molecule has 0 spiro atoms. The summed E-state index contributed by atoms with van der Waals surface area (Å²) >= 11 is 11.9. The van der Waals surface area contributed by atoms with Gasteiger partial charge in [-0.05, 0) is 26.0 Å². The largest absolute Gasteiger partial charge is 0.493 e. The van der Waals surface area contributed by atoms with Crippen LogP contribution in [0.25, 0.3) is 0 Å². The first-order valence-corrected chi connectivity index (χ1v) is 5.65. The standard InChI is InChI=1S/C11H16Cl2N2O/c1-11(2,14)6-15-9-5-7(12)4-8(13)10(9)16-3/h4-5,15H,6,14H2,1-3H3. The fourth-order valence-corrected chi connectivity index (χ4v) is 1.79. The Morgan fingerprint density at radius 2 is 2.00 bits per heavy atom. The van der Waals surface area contributed by atoms with E-state index in [0.717, 1.165) is 5.69 Å². The minimum Gasteiger partial charge on any atom is -0.493 e. The normalized spacial score (nSPS) is 11.4. The van der Waals surface area contributed by atoms with Crippen LogP contribution in [0, 0.1) is 0 Å². The molecule has 5 heteroatoms. The molecule has 0 unspecified atom stereocenters. The van der Waals surface area contributed by atoms with Gasteiger partial charge in [-0.25, -0.2) is 0 Å². The van der Waals surface area contributed by atoms with Gasteiger partial charge in [0.1, 0.15) is 0 Å².